The molecule has 0 aliphatic heterocycles. The molecule has 4 aliphatic carbocycles. The molecule has 2 N–H and O–H groups in total. The van der Waals surface area contributed by atoms with Crippen molar-refractivity contribution in [1.29, 1.82) is 0 Å². The molecule has 0 saturated heterocycles. The van der Waals surface area contributed by atoms with Crippen LogP contribution in [0.1, 0.15) is 74.2 Å². The van der Waals surface area contributed by atoms with Crippen molar-refractivity contribution in [3.63, 3.8) is 0 Å². The van der Waals surface area contributed by atoms with E-state index in [1.807, 2.05) is 26.1 Å². The van der Waals surface area contributed by atoms with Gasteiger partial charge in [0.15, 0.2) is 11.5 Å². The van der Waals surface area contributed by atoms with Crippen LogP contribution >= 0.6 is 11.3 Å². The number of nitrogens with one attached hydrogen (secondary N) is 2. The molecule has 4 bridgehead atoms. The Kier molecular flexibility index (Phi) is 10.6. The minimum absolute atomic E-state index is 0.0261. The molecular formula is C40H50N4O5S. The zero-order chi connectivity index (χ0) is 34.7. The van der Waals surface area contributed by atoms with Gasteiger partial charge in [0.25, 0.3) is 0 Å². The van der Waals surface area contributed by atoms with E-state index in [-0.39, 0.29) is 24.0 Å². The lowest BCUT2D eigenvalue weighted by Crippen LogP contribution is -2.47. The number of hydrogen-bond donors (Lipinski definition) is 2. The lowest BCUT2D eigenvalue weighted by Gasteiger charge is -2.56. The van der Waals surface area contributed by atoms with Gasteiger partial charge in [0.05, 0.1) is 38.3 Å². The predicted molar refractivity (Wildman–Crippen MR) is 198 cm³/mol. The van der Waals surface area contributed by atoms with Crippen molar-refractivity contribution < 1.29 is 23.7 Å². The average Bonchev–Trinajstić information content (AvgIpc) is 3.58. The van der Waals surface area contributed by atoms with Crippen LogP contribution in [0.3, 0.4) is 0 Å². The average molecular weight is 699 g/mol. The van der Waals surface area contributed by atoms with E-state index in [0.29, 0.717) is 43.6 Å². The first-order valence-electron chi connectivity index (χ1n) is 18.1. The van der Waals surface area contributed by atoms with E-state index in [0.717, 1.165) is 41.0 Å². The normalized spacial score (nSPS) is 22.8. The number of carbonyl (C=O) groups is 1. The summed E-state index contributed by atoms with van der Waals surface area (Å²) < 4.78 is 23.2. The molecule has 4 aliphatic rings. The third-order valence-electron chi connectivity index (χ3n) is 10.8. The Bertz CT molecular complexity index is 1770. The zero-order valence-electron chi connectivity index (χ0n) is 29.8. The van der Waals surface area contributed by atoms with Crippen molar-refractivity contribution in [2.75, 3.05) is 45.9 Å². The van der Waals surface area contributed by atoms with Gasteiger partial charge < -0.3 is 29.6 Å². The minimum Gasteiger partial charge on any atom is -0.493 e. The molecule has 50 heavy (non-hydrogen) atoms. The number of hydrogen-bond acceptors (Lipinski definition) is 10. The molecule has 10 heteroatoms. The first kappa shape index (κ1) is 34.7. The highest BCUT2D eigenvalue weighted by Gasteiger charge is 2.51. The summed E-state index contributed by atoms with van der Waals surface area (Å²) in [5.74, 6) is 5.03. The number of benzene rings is 2. The first-order valence-corrected chi connectivity index (χ1v) is 19.0. The van der Waals surface area contributed by atoms with E-state index in [1.54, 1.807) is 18.4 Å². The maximum absolute atomic E-state index is 12.7. The summed E-state index contributed by atoms with van der Waals surface area (Å²) in [4.78, 5) is 23.4. The second-order valence-corrected chi connectivity index (χ2v) is 15.6. The van der Waals surface area contributed by atoms with Crippen LogP contribution in [0, 0.1) is 30.1 Å². The molecule has 4 fully saturated rings. The highest BCUT2D eigenvalue weighted by Crippen LogP contribution is 2.61. The SMILES string of the molecule is CNCc1ccccc1-c1csc([C@@H](C)Nc2nc(C)nc3cc(OCCOCCOC(=O)CC45CC6CC(CC(C6)C4)C5)c(OC)cc23)c1. The lowest BCUT2D eigenvalue weighted by atomic mass is 9.49. The summed E-state index contributed by atoms with van der Waals surface area (Å²) in [5, 5.41) is 9.97. The summed E-state index contributed by atoms with van der Waals surface area (Å²) >= 11 is 1.74. The van der Waals surface area contributed by atoms with E-state index >= 15 is 0 Å². The Labute approximate surface area is 299 Å². The van der Waals surface area contributed by atoms with Crippen molar-refractivity contribution in [2.24, 2.45) is 23.2 Å². The van der Waals surface area contributed by atoms with Crippen molar-refractivity contribution in [1.82, 2.24) is 15.3 Å². The van der Waals surface area contributed by atoms with Crippen LogP contribution in [-0.2, 0) is 20.8 Å². The smallest absolute Gasteiger partial charge is 0.306 e. The van der Waals surface area contributed by atoms with Crippen LogP contribution in [0.5, 0.6) is 11.5 Å². The van der Waals surface area contributed by atoms with Crippen LogP contribution < -0.4 is 20.1 Å². The number of aryl methyl sites for hydroxylation is 1. The van der Waals surface area contributed by atoms with Crippen LogP contribution in [0.4, 0.5) is 5.82 Å². The van der Waals surface area contributed by atoms with Gasteiger partial charge in [0, 0.05) is 22.9 Å². The van der Waals surface area contributed by atoms with Gasteiger partial charge in [0.2, 0.25) is 0 Å². The number of methoxy groups -OCH3 is 1. The molecule has 0 radical (unpaired) electrons. The Balaban J connectivity index is 0.914. The Hall–Kier alpha value is -3.73. The molecule has 0 unspecified atom stereocenters. The number of nitrogens with zero attached hydrogens (tertiary/aromatic N) is 2. The van der Waals surface area contributed by atoms with Crippen molar-refractivity contribution in [2.45, 2.75) is 71.4 Å². The standard InChI is InChI=1S/C40H50N4O5S/c1-25(37-16-31(24-50-37)32-8-6-5-7-30(32)23-41-3)42-39-33-17-35(46-4)36(18-34(33)43-26(2)44-39)48-11-9-47-10-12-49-38(45)22-40-19-27-13-28(20-40)15-29(14-27)21-40/h5-8,16-18,24-25,27-29,41H,9-15,19-23H2,1-4H3,(H,42,43,44)/t25-,27?,28?,29?,40?/m1/s1. The van der Waals surface area contributed by atoms with Crippen LogP contribution in [0.15, 0.2) is 47.8 Å². The van der Waals surface area contributed by atoms with Gasteiger partial charge in [-0.1, -0.05) is 24.3 Å². The molecule has 4 aromatic rings. The molecular weight excluding hydrogens is 649 g/mol. The van der Waals surface area contributed by atoms with Gasteiger partial charge in [-0.2, -0.15) is 0 Å². The third kappa shape index (κ3) is 7.77. The maximum Gasteiger partial charge on any atom is 0.306 e. The quantitative estimate of drug-likeness (QED) is 0.0887. The number of thiophene rings is 1. The van der Waals surface area contributed by atoms with Gasteiger partial charge in [-0.15, -0.1) is 11.3 Å². The second-order valence-electron chi connectivity index (χ2n) is 14.7. The molecule has 9 nitrogen and oxygen atoms in total. The summed E-state index contributed by atoms with van der Waals surface area (Å²) in [6.45, 7) is 6.17. The minimum atomic E-state index is -0.0701. The maximum atomic E-state index is 12.7. The van der Waals surface area contributed by atoms with Crippen LogP contribution in [0.25, 0.3) is 22.0 Å². The van der Waals surface area contributed by atoms with E-state index < -0.39 is 0 Å². The molecule has 4 saturated carbocycles. The van der Waals surface area contributed by atoms with Crippen molar-refractivity contribution in [3.05, 3.63) is 64.1 Å². The van der Waals surface area contributed by atoms with Gasteiger partial charge in [-0.25, -0.2) is 9.97 Å². The van der Waals surface area contributed by atoms with Gasteiger partial charge in [-0.3, -0.25) is 4.79 Å². The third-order valence-corrected chi connectivity index (χ3v) is 12.0. The van der Waals surface area contributed by atoms with E-state index in [9.17, 15) is 4.79 Å². The van der Waals surface area contributed by atoms with Crippen molar-refractivity contribution >= 4 is 34.0 Å². The fourth-order valence-corrected chi connectivity index (χ4v) is 10.1. The van der Waals surface area contributed by atoms with Crippen molar-refractivity contribution in [3.8, 4) is 22.6 Å². The fourth-order valence-electron chi connectivity index (χ4n) is 9.17. The number of anilines is 1. The predicted octanol–water partition coefficient (Wildman–Crippen LogP) is 8.11. The zero-order valence-corrected chi connectivity index (χ0v) is 30.6. The summed E-state index contributed by atoms with van der Waals surface area (Å²) in [7, 11) is 3.60. The molecule has 1 atom stereocenters. The highest BCUT2D eigenvalue weighted by atomic mass is 32.1. The number of carbonyl (C=O) groups excluding carboxylic acids is 1. The molecule has 0 spiro atoms. The summed E-state index contributed by atoms with van der Waals surface area (Å²) in [6, 6.07) is 14.6. The molecule has 2 aromatic carbocycles. The number of ether oxygens (including phenoxy) is 4. The molecule has 2 aromatic heterocycles. The molecule has 8 rings (SSSR count). The second kappa shape index (κ2) is 15.3. The lowest BCUT2D eigenvalue weighted by molar-refractivity contribution is -0.153. The van der Waals surface area contributed by atoms with E-state index in [1.165, 1.54) is 60.1 Å². The van der Waals surface area contributed by atoms with E-state index in [4.69, 9.17) is 28.9 Å². The summed E-state index contributed by atoms with van der Waals surface area (Å²) in [6.07, 6.45) is 8.35. The Morgan fingerprint density at radius 2 is 1.72 bits per heavy atom. The highest BCUT2D eigenvalue weighted by molar-refractivity contribution is 7.10. The number of aromatic nitrogens is 2. The fraction of sp³-hybridized carbons (Fsp3) is 0.525. The topological polar surface area (TPSA) is 104 Å². The van der Waals surface area contributed by atoms with Crippen LogP contribution in [-0.4, -0.2) is 56.5 Å². The van der Waals surface area contributed by atoms with Gasteiger partial charge >= 0.3 is 5.97 Å². The summed E-state index contributed by atoms with van der Waals surface area (Å²) in [5.41, 5.74) is 4.70. The van der Waals surface area contributed by atoms with Crippen LogP contribution in [0.2, 0.25) is 0 Å². The number of fused-ring (bicyclic) bond motifs is 1. The molecule has 2 heterocycles. The first-order chi connectivity index (χ1) is 24.3. The number of esters is 1. The van der Waals surface area contributed by atoms with Gasteiger partial charge in [-0.05, 0) is 117 Å². The monoisotopic (exact) mass is 698 g/mol. The largest absolute Gasteiger partial charge is 0.493 e. The Morgan fingerprint density at radius 1 is 0.980 bits per heavy atom. The Morgan fingerprint density at radius 3 is 2.46 bits per heavy atom. The molecule has 0 amide bonds. The molecule has 266 valence electrons. The van der Waals surface area contributed by atoms with Gasteiger partial charge in [0.1, 0.15) is 24.9 Å². The van der Waals surface area contributed by atoms with E-state index in [2.05, 4.69) is 53.3 Å². The number of rotatable bonds is 16.